The summed E-state index contributed by atoms with van der Waals surface area (Å²) in [6, 6.07) is 20.6. The van der Waals surface area contributed by atoms with Crippen molar-refractivity contribution >= 4 is 34.0 Å². The van der Waals surface area contributed by atoms with E-state index in [1.165, 1.54) is 0 Å². The quantitative estimate of drug-likeness (QED) is 0.349. The molecule has 0 aliphatic carbocycles. The highest BCUT2D eigenvalue weighted by atomic mass is 32.1. The number of carbonyl (C=O) groups is 2. The molecule has 4 aromatic rings. The van der Waals surface area contributed by atoms with Gasteiger partial charge in [0, 0.05) is 22.1 Å². The van der Waals surface area contributed by atoms with E-state index in [0.717, 1.165) is 45.4 Å². The minimum atomic E-state index is -1.01. The third-order valence-electron chi connectivity index (χ3n) is 5.37. The Labute approximate surface area is 190 Å². The minimum Gasteiger partial charge on any atom is -0.480 e. The summed E-state index contributed by atoms with van der Waals surface area (Å²) in [5.41, 5.74) is 3.44. The molecule has 1 amide bonds. The Morgan fingerprint density at radius 3 is 2.53 bits per heavy atom. The van der Waals surface area contributed by atoms with Crippen LogP contribution in [-0.2, 0) is 4.79 Å². The van der Waals surface area contributed by atoms with E-state index >= 15 is 0 Å². The molecule has 0 aliphatic rings. The topological polar surface area (TPSA) is 79.3 Å². The molecule has 0 radical (unpaired) electrons. The number of carbonyl (C=O) groups excluding carboxylic acids is 1. The number of carboxylic acids is 1. The highest BCUT2D eigenvalue weighted by Gasteiger charge is 2.20. The number of hydrogen-bond donors (Lipinski definition) is 2. The highest BCUT2D eigenvalue weighted by Crippen LogP contribution is 2.31. The van der Waals surface area contributed by atoms with Gasteiger partial charge in [0.05, 0.1) is 5.69 Å². The summed E-state index contributed by atoms with van der Waals surface area (Å²) in [6.07, 6.45) is 2.04. The first kappa shape index (κ1) is 21.7. The summed E-state index contributed by atoms with van der Waals surface area (Å²) in [5.74, 6) is -1.38. The van der Waals surface area contributed by atoms with Gasteiger partial charge in [0.15, 0.2) is 0 Å². The SMILES string of the molecule is CCCCC(NC(=O)c1ccc2ccc(-c3nc(-c4ccccc4)cs3)cc2c1)C(=O)O. The molecule has 0 aliphatic heterocycles. The van der Waals surface area contributed by atoms with Gasteiger partial charge in [-0.2, -0.15) is 0 Å². The number of aliphatic carboxylic acids is 1. The van der Waals surface area contributed by atoms with Crippen LogP contribution in [-0.4, -0.2) is 28.0 Å². The molecule has 2 N–H and O–H groups in total. The Balaban J connectivity index is 1.59. The van der Waals surface area contributed by atoms with Crippen LogP contribution < -0.4 is 5.32 Å². The lowest BCUT2D eigenvalue weighted by molar-refractivity contribution is -0.139. The number of rotatable bonds is 8. The molecule has 4 rings (SSSR count). The molecule has 5 nitrogen and oxygen atoms in total. The van der Waals surface area contributed by atoms with E-state index in [1.807, 2.05) is 66.9 Å². The van der Waals surface area contributed by atoms with E-state index in [9.17, 15) is 14.7 Å². The van der Waals surface area contributed by atoms with Gasteiger partial charge in [0.2, 0.25) is 0 Å². The van der Waals surface area contributed by atoms with Gasteiger partial charge in [-0.1, -0.05) is 68.3 Å². The zero-order valence-electron chi connectivity index (χ0n) is 17.7. The van der Waals surface area contributed by atoms with Gasteiger partial charge in [0.1, 0.15) is 11.0 Å². The van der Waals surface area contributed by atoms with E-state index in [1.54, 1.807) is 23.5 Å². The predicted octanol–water partition coefficient (Wildman–Crippen LogP) is 6.00. The zero-order chi connectivity index (χ0) is 22.5. The molecular weight excluding hydrogens is 420 g/mol. The van der Waals surface area contributed by atoms with E-state index in [4.69, 9.17) is 4.98 Å². The van der Waals surface area contributed by atoms with Crippen LogP contribution in [0, 0.1) is 0 Å². The number of carboxylic acid groups (broad SMARTS) is 1. The van der Waals surface area contributed by atoms with Crippen LogP contribution in [0.15, 0.2) is 72.1 Å². The van der Waals surface area contributed by atoms with Gasteiger partial charge in [-0.05, 0) is 35.4 Å². The van der Waals surface area contributed by atoms with Crippen molar-refractivity contribution in [2.45, 2.75) is 32.2 Å². The molecule has 1 atom stereocenters. The third-order valence-corrected chi connectivity index (χ3v) is 6.26. The molecule has 0 spiro atoms. The first-order valence-electron chi connectivity index (χ1n) is 10.6. The molecule has 0 saturated carbocycles. The summed E-state index contributed by atoms with van der Waals surface area (Å²) in [5, 5.41) is 16.9. The van der Waals surface area contributed by atoms with Crippen LogP contribution >= 0.6 is 11.3 Å². The number of nitrogens with one attached hydrogen (secondary N) is 1. The normalized spacial score (nSPS) is 11.9. The molecule has 1 heterocycles. The molecule has 0 fully saturated rings. The Morgan fingerprint density at radius 2 is 1.78 bits per heavy atom. The van der Waals surface area contributed by atoms with Gasteiger partial charge < -0.3 is 10.4 Å². The standard InChI is InChI=1S/C26H24N2O3S/c1-2-3-9-22(26(30)31)27-24(29)19-12-10-17-11-13-20(15-21(17)14-19)25-28-23(16-32-25)18-7-5-4-6-8-18/h4-8,10-16,22H,2-3,9H2,1H3,(H,27,29)(H,30,31). The van der Waals surface area contributed by atoms with Crippen molar-refractivity contribution in [3.8, 4) is 21.8 Å². The number of fused-ring (bicyclic) bond motifs is 1. The molecule has 0 saturated heterocycles. The fourth-order valence-corrected chi connectivity index (χ4v) is 4.40. The smallest absolute Gasteiger partial charge is 0.326 e. The van der Waals surface area contributed by atoms with Gasteiger partial charge in [-0.25, -0.2) is 9.78 Å². The molecule has 3 aromatic carbocycles. The Bertz CT molecular complexity index is 1250. The van der Waals surface area contributed by atoms with Crippen molar-refractivity contribution < 1.29 is 14.7 Å². The van der Waals surface area contributed by atoms with Crippen molar-refractivity contribution in [1.82, 2.24) is 10.3 Å². The Kier molecular flexibility index (Phi) is 6.61. The monoisotopic (exact) mass is 444 g/mol. The van der Waals surface area contributed by atoms with E-state index in [0.29, 0.717) is 12.0 Å². The number of thiazole rings is 1. The van der Waals surface area contributed by atoms with E-state index < -0.39 is 12.0 Å². The Hall–Kier alpha value is -3.51. The minimum absolute atomic E-state index is 0.374. The number of amides is 1. The molecule has 1 unspecified atom stereocenters. The molecule has 32 heavy (non-hydrogen) atoms. The zero-order valence-corrected chi connectivity index (χ0v) is 18.6. The summed E-state index contributed by atoms with van der Waals surface area (Å²) < 4.78 is 0. The van der Waals surface area contributed by atoms with Crippen molar-refractivity contribution in [3.63, 3.8) is 0 Å². The summed E-state index contributed by atoms with van der Waals surface area (Å²) in [4.78, 5) is 28.9. The van der Waals surface area contributed by atoms with Gasteiger partial charge in [-0.3, -0.25) is 4.79 Å². The molecule has 0 bridgehead atoms. The van der Waals surface area contributed by atoms with Crippen LogP contribution in [0.2, 0.25) is 0 Å². The number of aromatic nitrogens is 1. The predicted molar refractivity (Wildman–Crippen MR) is 129 cm³/mol. The number of unbranched alkanes of at least 4 members (excludes halogenated alkanes) is 1. The second-order valence-corrected chi connectivity index (χ2v) is 8.55. The first-order chi connectivity index (χ1) is 15.5. The maximum Gasteiger partial charge on any atom is 0.326 e. The van der Waals surface area contributed by atoms with Crippen molar-refractivity contribution in [2.24, 2.45) is 0 Å². The third kappa shape index (κ3) is 4.86. The second kappa shape index (κ2) is 9.75. The van der Waals surface area contributed by atoms with Crippen LogP contribution in [0.3, 0.4) is 0 Å². The molecular formula is C26H24N2O3S. The number of benzene rings is 3. The van der Waals surface area contributed by atoms with Crippen LogP contribution in [0.1, 0.15) is 36.5 Å². The van der Waals surface area contributed by atoms with Crippen molar-refractivity contribution in [1.29, 1.82) is 0 Å². The maximum absolute atomic E-state index is 12.7. The number of nitrogens with zero attached hydrogens (tertiary/aromatic N) is 1. The molecule has 162 valence electrons. The largest absolute Gasteiger partial charge is 0.480 e. The van der Waals surface area contributed by atoms with Gasteiger partial charge in [0.25, 0.3) is 5.91 Å². The average molecular weight is 445 g/mol. The fourth-order valence-electron chi connectivity index (χ4n) is 3.58. The summed E-state index contributed by atoms with van der Waals surface area (Å²) >= 11 is 1.58. The van der Waals surface area contributed by atoms with Crippen LogP contribution in [0.4, 0.5) is 0 Å². The lowest BCUT2D eigenvalue weighted by atomic mass is 10.0. The van der Waals surface area contributed by atoms with Crippen molar-refractivity contribution in [2.75, 3.05) is 0 Å². The maximum atomic E-state index is 12.7. The van der Waals surface area contributed by atoms with E-state index in [2.05, 4.69) is 5.32 Å². The summed E-state index contributed by atoms with van der Waals surface area (Å²) in [6.45, 7) is 1.99. The number of hydrogen-bond acceptors (Lipinski definition) is 4. The lowest BCUT2D eigenvalue weighted by Crippen LogP contribution is -2.40. The average Bonchev–Trinajstić information content (AvgIpc) is 3.31. The van der Waals surface area contributed by atoms with E-state index in [-0.39, 0.29) is 5.91 Å². The van der Waals surface area contributed by atoms with Gasteiger partial charge in [-0.15, -0.1) is 11.3 Å². The molecule has 1 aromatic heterocycles. The fraction of sp³-hybridized carbons (Fsp3) is 0.192. The van der Waals surface area contributed by atoms with Crippen LogP contribution in [0.25, 0.3) is 32.6 Å². The van der Waals surface area contributed by atoms with Crippen molar-refractivity contribution in [3.05, 3.63) is 77.7 Å². The second-order valence-electron chi connectivity index (χ2n) is 7.69. The highest BCUT2D eigenvalue weighted by molar-refractivity contribution is 7.13. The first-order valence-corrected chi connectivity index (χ1v) is 11.5. The van der Waals surface area contributed by atoms with Gasteiger partial charge >= 0.3 is 5.97 Å². The van der Waals surface area contributed by atoms with Crippen LogP contribution in [0.5, 0.6) is 0 Å². The lowest BCUT2D eigenvalue weighted by Gasteiger charge is -2.14. The summed E-state index contributed by atoms with van der Waals surface area (Å²) in [7, 11) is 0. The molecule has 6 heteroatoms. The Morgan fingerprint density at radius 1 is 1.00 bits per heavy atom.